The Morgan fingerprint density at radius 3 is 2.38 bits per heavy atom. The lowest BCUT2D eigenvalue weighted by molar-refractivity contribution is -0.134. The third-order valence-electron chi connectivity index (χ3n) is 4.77. The summed E-state index contributed by atoms with van der Waals surface area (Å²) in [6.07, 6.45) is 1.40. The molecule has 0 saturated heterocycles. The van der Waals surface area contributed by atoms with E-state index >= 15 is 0 Å². The third-order valence-corrected chi connectivity index (χ3v) is 4.77. The van der Waals surface area contributed by atoms with Crippen LogP contribution in [0.5, 0.6) is 11.5 Å². The van der Waals surface area contributed by atoms with E-state index in [-0.39, 0.29) is 24.1 Å². The molecule has 0 aliphatic rings. The van der Waals surface area contributed by atoms with E-state index in [1.54, 1.807) is 17.0 Å². The zero-order chi connectivity index (χ0) is 21.0. The number of hydrogen-bond donors (Lipinski definition) is 0. The summed E-state index contributed by atoms with van der Waals surface area (Å²) in [7, 11) is 3.03. The first kappa shape index (κ1) is 20.4. The molecule has 3 rings (SSSR count). The standard InChI is InChI=1S/C22H25N3O4/c1-15(2)25(12-16-8-6-5-7-9-16)21(26)13-24-14-23-18-11-20(29-4)19(28-3)10-17(18)22(24)27/h5-11,14-15H,12-13H2,1-4H3. The van der Waals surface area contributed by atoms with Crippen LogP contribution >= 0.6 is 0 Å². The average Bonchev–Trinajstić information content (AvgIpc) is 2.73. The quantitative estimate of drug-likeness (QED) is 0.615. The fourth-order valence-electron chi connectivity index (χ4n) is 3.17. The molecule has 7 nitrogen and oxygen atoms in total. The minimum Gasteiger partial charge on any atom is -0.493 e. The van der Waals surface area contributed by atoms with Crippen LogP contribution in [-0.2, 0) is 17.9 Å². The molecule has 0 radical (unpaired) electrons. The number of rotatable bonds is 7. The lowest BCUT2D eigenvalue weighted by Gasteiger charge is -2.27. The van der Waals surface area contributed by atoms with Gasteiger partial charge < -0.3 is 14.4 Å². The Hall–Kier alpha value is -3.35. The van der Waals surface area contributed by atoms with E-state index in [4.69, 9.17) is 9.47 Å². The molecule has 1 amide bonds. The lowest BCUT2D eigenvalue weighted by Crippen LogP contribution is -2.40. The highest BCUT2D eigenvalue weighted by Crippen LogP contribution is 2.29. The van der Waals surface area contributed by atoms with Gasteiger partial charge in [0, 0.05) is 18.7 Å². The molecule has 0 saturated carbocycles. The molecule has 0 spiro atoms. The minimum absolute atomic E-state index is 0.00354. The molecule has 7 heteroatoms. The molecule has 0 bridgehead atoms. The van der Waals surface area contributed by atoms with Crippen LogP contribution < -0.4 is 15.0 Å². The molecule has 0 fully saturated rings. The van der Waals surface area contributed by atoms with Gasteiger partial charge in [-0.3, -0.25) is 14.2 Å². The Morgan fingerprint density at radius 2 is 1.76 bits per heavy atom. The van der Waals surface area contributed by atoms with E-state index in [0.717, 1.165) is 5.56 Å². The Balaban J connectivity index is 1.90. The summed E-state index contributed by atoms with van der Waals surface area (Å²) >= 11 is 0. The Labute approximate surface area is 169 Å². The number of fused-ring (bicyclic) bond motifs is 1. The zero-order valence-electron chi connectivity index (χ0n) is 17.1. The Morgan fingerprint density at radius 1 is 1.10 bits per heavy atom. The van der Waals surface area contributed by atoms with Crippen molar-refractivity contribution in [3.05, 3.63) is 64.7 Å². The zero-order valence-corrected chi connectivity index (χ0v) is 17.1. The van der Waals surface area contributed by atoms with Crippen LogP contribution in [-0.4, -0.2) is 40.6 Å². The maximum Gasteiger partial charge on any atom is 0.261 e. The summed E-state index contributed by atoms with van der Waals surface area (Å²) in [5.41, 5.74) is 1.23. The van der Waals surface area contributed by atoms with Crippen LogP contribution in [0.2, 0.25) is 0 Å². The molecule has 0 N–H and O–H groups in total. The Kier molecular flexibility index (Phi) is 6.16. The van der Waals surface area contributed by atoms with Crippen molar-refractivity contribution in [3.63, 3.8) is 0 Å². The predicted octanol–water partition coefficient (Wildman–Crippen LogP) is 2.85. The van der Waals surface area contributed by atoms with Crippen molar-refractivity contribution in [1.82, 2.24) is 14.5 Å². The van der Waals surface area contributed by atoms with Crippen molar-refractivity contribution in [1.29, 1.82) is 0 Å². The number of benzene rings is 2. The number of methoxy groups -OCH3 is 2. The third kappa shape index (κ3) is 4.39. The summed E-state index contributed by atoms with van der Waals surface area (Å²) in [5, 5.41) is 0.372. The second-order valence-electron chi connectivity index (χ2n) is 7.00. The molecule has 152 valence electrons. The van der Waals surface area contributed by atoms with Crippen molar-refractivity contribution >= 4 is 16.8 Å². The number of aromatic nitrogens is 2. The average molecular weight is 395 g/mol. The first-order valence-corrected chi connectivity index (χ1v) is 9.39. The second kappa shape index (κ2) is 8.77. The molecule has 2 aromatic carbocycles. The van der Waals surface area contributed by atoms with Crippen LogP contribution in [0.1, 0.15) is 19.4 Å². The summed E-state index contributed by atoms with van der Waals surface area (Å²) in [6.45, 7) is 4.32. The maximum atomic E-state index is 13.0. The van der Waals surface area contributed by atoms with Crippen molar-refractivity contribution in [2.24, 2.45) is 0 Å². The number of hydrogen-bond acceptors (Lipinski definition) is 5. The molecule has 3 aromatic rings. The largest absolute Gasteiger partial charge is 0.493 e. The van der Waals surface area contributed by atoms with E-state index in [2.05, 4.69) is 4.98 Å². The van der Waals surface area contributed by atoms with E-state index < -0.39 is 0 Å². The SMILES string of the molecule is COc1cc2ncn(CC(=O)N(Cc3ccccc3)C(C)C)c(=O)c2cc1OC. The summed E-state index contributed by atoms with van der Waals surface area (Å²) < 4.78 is 11.9. The van der Waals surface area contributed by atoms with Gasteiger partial charge in [0.05, 0.1) is 31.4 Å². The first-order valence-electron chi connectivity index (χ1n) is 9.39. The van der Waals surface area contributed by atoms with E-state index in [9.17, 15) is 9.59 Å². The lowest BCUT2D eigenvalue weighted by atomic mass is 10.2. The van der Waals surface area contributed by atoms with Gasteiger partial charge in [-0.2, -0.15) is 0 Å². The van der Waals surface area contributed by atoms with Gasteiger partial charge in [0.25, 0.3) is 5.56 Å². The minimum atomic E-state index is -0.298. The van der Waals surface area contributed by atoms with Gasteiger partial charge in [0.15, 0.2) is 11.5 Å². The monoisotopic (exact) mass is 395 g/mol. The van der Waals surface area contributed by atoms with Gasteiger partial charge in [0.1, 0.15) is 6.54 Å². The highest BCUT2D eigenvalue weighted by atomic mass is 16.5. The van der Waals surface area contributed by atoms with Crippen LogP contribution in [0, 0.1) is 0 Å². The molecule has 0 aliphatic carbocycles. The number of amides is 1. The molecule has 1 aromatic heterocycles. The van der Waals surface area contributed by atoms with Crippen molar-refractivity contribution in [3.8, 4) is 11.5 Å². The van der Waals surface area contributed by atoms with E-state index in [1.165, 1.54) is 25.1 Å². The fraction of sp³-hybridized carbons (Fsp3) is 0.318. The fourth-order valence-corrected chi connectivity index (χ4v) is 3.17. The van der Waals surface area contributed by atoms with Gasteiger partial charge >= 0.3 is 0 Å². The highest BCUT2D eigenvalue weighted by Gasteiger charge is 2.19. The smallest absolute Gasteiger partial charge is 0.261 e. The second-order valence-corrected chi connectivity index (χ2v) is 7.00. The molecule has 1 heterocycles. The number of carbonyl (C=O) groups excluding carboxylic acids is 1. The topological polar surface area (TPSA) is 73.7 Å². The van der Waals surface area contributed by atoms with Crippen molar-refractivity contribution in [2.75, 3.05) is 14.2 Å². The molecule has 0 atom stereocenters. The molecule has 0 unspecified atom stereocenters. The summed E-state index contributed by atoms with van der Waals surface area (Å²) in [6, 6.07) is 13.0. The number of ether oxygens (including phenoxy) is 2. The van der Waals surface area contributed by atoms with Gasteiger partial charge in [0.2, 0.25) is 5.91 Å². The molecule has 0 aliphatic heterocycles. The van der Waals surface area contributed by atoms with Gasteiger partial charge in [-0.05, 0) is 25.5 Å². The van der Waals surface area contributed by atoms with Crippen LogP contribution in [0.4, 0.5) is 0 Å². The number of nitrogens with zero attached hydrogens (tertiary/aromatic N) is 3. The Bertz CT molecular complexity index is 1060. The summed E-state index contributed by atoms with van der Waals surface area (Å²) in [4.78, 5) is 32.0. The molecular weight excluding hydrogens is 370 g/mol. The van der Waals surface area contributed by atoms with Gasteiger partial charge in [-0.15, -0.1) is 0 Å². The van der Waals surface area contributed by atoms with Crippen LogP contribution in [0.25, 0.3) is 10.9 Å². The van der Waals surface area contributed by atoms with E-state index in [0.29, 0.717) is 28.9 Å². The maximum absolute atomic E-state index is 13.0. The molecule has 29 heavy (non-hydrogen) atoms. The van der Waals surface area contributed by atoms with Gasteiger partial charge in [-0.1, -0.05) is 30.3 Å². The molecular formula is C22H25N3O4. The van der Waals surface area contributed by atoms with Gasteiger partial charge in [-0.25, -0.2) is 4.98 Å². The first-order chi connectivity index (χ1) is 13.9. The van der Waals surface area contributed by atoms with Crippen molar-refractivity contribution < 1.29 is 14.3 Å². The normalized spacial score (nSPS) is 10.9. The highest BCUT2D eigenvalue weighted by molar-refractivity contribution is 5.82. The predicted molar refractivity (Wildman–Crippen MR) is 111 cm³/mol. The van der Waals surface area contributed by atoms with E-state index in [1.807, 2.05) is 44.2 Å². The van der Waals surface area contributed by atoms with Crippen molar-refractivity contribution in [2.45, 2.75) is 33.0 Å². The van der Waals surface area contributed by atoms with Crippen LogP contribution in [0.3, 0.4) is 0 Å². The van der Waals surface area contributed by atoms with Crippen LogP contribution in [0.15, 0.2) is 53.6 Å². The number of carbonyl (C=O) groups is 1. The summed E-state index contributed by atoms with van der Waals surface area (Å²) in [5.74, 6) is 0.790.